The molecular formula is C32H33Br2N3O7. The van der Waals surface area contributed by atoms with Gasteiger partial charge >= 0.3 is 11.9 Å². The van der Waals surface area contributed by atoms with Gasteiger partial charge in [-0.2, -0.15) is 5.10 Å². The van der Waals surface area contributed by atoms with E-state index in [2.05, 4.69) is 72.9 Å². The number of hydrogen-bond donors (Lipinski definition) is 1. The molecule has 0 fully saturated rings. The van der Waals surface area contributed by atoms with Crippen LogP contribution in [0.5, 0.6) is 17.2 Å². The maximum absolute atomic E-state index is 12.7. The Hall–Kier alpha value is -4.03. The molecule has 2 heterocycles. The lowest BCUT2D eigenvalue weighted by atomic mass is 10.2. The molecule has 0 unspecified atom stereocenters. The molecule has 1 N–H and O–H groups in total. The molecule has 4 rings (SSSR count). The molecule has 1 amide bonds. The van der Waals surface area contributed by atoms with Crippen LogP contribution in [-0.2, 0) is 16.1 Å². The molecule has 0 radical (unpaired) electrons. The molecule has 2 aromatic heterocycles. The Labute approximate surface area is 272 Å². The van der Waals surface area contributed by atoms with Crippen molar-refractivity contribution in [2.24, 2.45) is 5.10 Å². The molecule has 0 bridgehead atoms. The third-order valence-electron chi connectivity index (χ3n) is 6.37. The highest BCUT2D eigenvalue weighted by molar-refractivity contribution is 9.13. The summed E-state index contributed by atoms with van der Waals surface area (Å²) < 4.78 is 31.4. The van der Waals surface area contributed by atoms with Crippen LogP contribution < -0.4 is 19.6 Å². The summed E-state index contributed by atoms with van der Waals surface area (Å²) in [5.74, 6) is 0.935. The lowest BCUT2D eigenvalue weighted by Crippen LogP contribution is -2.26. The van der Waals surface area contributed by atoms with Gasteiger partial charge in [0.25, 0.3) is 0 Å². The fourth-order valence-corrected chi connectivity index (χ4v) is 5.19. The van der Waals surface area contributed by atoms with Crippen LogP contribution in [0.25, 0.3) is 5.69 Å². The number of hydrazone groups is 1. The summed E-state index contributed by atoms with van der Waals surface area (Å²) in [4.78, 5) is 24.7. The topological polar surface area (TPSA) is 114 Å². The number of amides is 1. The predicted octanol–water partition coefficient (Wildman–Crippen LogP) is 7.28. The molecule has 1 atom stereocenters. The zero-order chi connectivity index (χ0) is 31.8. The molecule has 0 aliphatic carbocycles. The van der Waals surface area contributed by atoms with Gasteiger partial charge in [0.05, 0.1) is 23.9 Å². The Morgan fingerprint density at radius 3 is 2.34 bits per heavy atom. The maximum Gasteiger partial charge on any atom is 0.347 e. The summed E-state index contributed by atoms with van der Waals surface area (Å²) in [6.45, 7) is 10.0. The lowest BCUT2D eigenvalue weighted by molar-refractivity contribution is -0.150. The van der Waals surface area contributed by atoms with Crippen LogP contribution >= 0.6 is 31.9 Å². The minimum absolute atomic E-state index is 0.0848. The number of ether oxygens (including phenoxy) is 4. The maximum atomic E-state index is 12.7. The lowest BCUT2D eigenvalue weighted by Gasteiger charge is -2.19. The van der Waals surface area contributed by atoms with E-state index in [4.69, 9.17) is 23.4 Å². The van der Waals surface area contributed by atoms with Crippen molar-refractivity contribution in [3.05, 3.63) is 92.0 Å². The fourth-order valence-electron chi connectivity index (χ4n) is 4.27. The van der Waals surface area contributed by atoms with E-state index in [0.29, 0.717) is 44.1 Å². The zero-order valence-corrected chi connectivity index (χ0v) is 28.2. The number of furan rings is 1. The largest absolute Gasteiger partial charge is 0.490 e. The minimum Gasteiger partial charge on any atom is -0.490 e. The average molecular weight is 731 g/mol. The molecule has 44 heavy (non-hydrogen) atoms. The van der Waals surface area contributed by atoms with E-state index in [0.717, 1.165) is 17.1 Å². The van der Waals surface area contributed by atoms with Crippen LogP contribution in [0.15, 0.2) is 73.1 Å². The van der Waals surface area contributed by atoms with Gasteiger partial charge in [-0.1, -0.05) is 0 Å². The smallest absolute Gasteiger partial charge is 0.347 e. The molecule has 232 valence electrons. The SMILES string of the molecule is CCOC(=O)[C@H](C)Oc1c(OCC)cc(/C=N/NC(=O)c2ccc(COc3ccc(-n4c(C)ccc4C)cc3)o2)c(Br)c1Br. The summed E-state index contributed by atoms with van der Waals surface area (Å²) in [7, 11) is 0. The molecule has 10 nitrogen and oxygen atoms in total. The predicted molar refractivity (Wildman–Crippen MR) is 173 cm³/mol. The number of rotatable bonds is 13. The summed E-state index contributed by atoms with van der Waals surface area (Å²) in [5.41, 5.74) is 6.41. The van der Waals surface area contributed by atoms with Crippen LogP contribution in [0.3, 0.4) is 0 Å². The first kappa shape index (κ1) is 32.9. The van der Waals surface area contributed by atoms with Crippen molar-refractivity contribution in [1.82, 2.24) is 9.99 Å². The van der Waals surface area contributed by atoms with Gasteiger partial charge < -0.3 is 27.9 Å². The summed E-state index contributed by atoms with van der Waals surface area (Å²) in [6, 6.07) is 16.8. The molecule has 0 aliphatic rings. The number of carbonyl (C=O) groups excluding carboxylic acids is 2. The molecule has 0 saturated heterocycles. The minimum atomic E-state index is -0.857. The second-order valence-electron chi connectivity index (χ2n) is 9.57. The van der Waals surface area contributed by atoms with E-state index in [1.807, 2.05) is 31.2 Å². The first-order valence-corrected chi connectivity index (χ1v) is 15.5. The van der Waals surface area contributed by atoms with Gasteiger partial charge in [0.1, 0.15) is 18.1 Å². The standard InChI is InChI=1S/C32H33Br2N3O7/c1-6-40-27-16-22(28(33)29(34)30(27)43-21(5)32(39)41-7-2)17-35-36-31(38)26-15-14-25(44-26)18-42-24-12-10-23(11-13-24)37-19(3)8-9-20(37)4/h8-17,21H,6-7,18H2,1-5H3,(H,36,38)/b35-17+/t21-/m0/s1. The quantitative estimate of drug-likeness (QED) is 0.0874. The zero-order valence-electron chi connectivity index (χ0n) is 25.0. The normalized spacial score (nSPS) is 11.8. The van der Waals surface area contributed by atoms with Gasteiger partial charge in [0.2, 0.25) is 0 Å². The Morgan fingerprint density at radius 2 is 1.68 bits per heavy atom. The number of nitrogens with zero attached hydrogens (tertiary/aromatic N) is 2. The molecule has 2 aromatic carbocycles. The van der Waals surface area contributed by atoms with Gasteiger partial charge in [-0.05, 0) is 121 Å². The van der Waals surface area contributed by atoms with Crippen molar-refractivity contribution in [2.75, 3.05) is 13.2 Å². The highest BCUT2D eigenvalue weighted by Crippen LogP contribution is 2.43. The number of aryl methyl sites for hydroxylation is 2. The third kappa shape index (κ3) is 7.92. The second-order valence-corrected chi connectivity index (χ2v) is 11.2. The number of benzene rings is 2. The summed E-state index contributed by atoms with van der Waals surface area (Å²) in [5, 5.41) is 4.07. The fraction of sp³-hybridized carbons (Fsp3) is 0.281. The van der Waals surface area contributed by atoms with E-state index >= 15 is 0 Å². The molecule has 12 heteroatoms. The number of nitrogens with one attached hydrogen (secondary N) is 1. The Bertz CT molecular complexity index is 1620. The van der Waals surface area contributed by atoms with Crippen molar-refractivity contribution in [3.63, 3.8) is 0 Å². The van der Waals surface area contributed by atoms with Crippen LogP contribution in [-0.4, -0.2) is 42.0 Å². The van der Waals surface area contributed by atoms with Gasteiger partial charge in [-0.25, -0.2) is 10.2 Å². The molecular weight excluding hydrogens is 698 g/mol. The van der Waals surface area contributed by atoms with Crippen LogP contribution in [0, 0.1) is 13.8 Å². The van der Waals surface area contributed by atoms with Crippen molar-refractivity contribution in [1.29, 1.82) is 0 Å². The van der Waals surface area contributed by atoms with E-state index in [-0.39, 0.29) is 19.0 Å². The van der Waals surface area contributed by atoms with Crippen molar-refractivity contribution in [2.45, 2.75) is 47.3 Å². The summed E-state index contributed by atoms with van der Waals surface area (Å²) in [6.07, 6.45) is 0.588. The summed E-state index contributed by atoms with van der Waals surface area (Å²) >= 11 is 7.01. The van der Waals surface area contributed by atoms with Gasteiger partial charge in [-0.3, -0.25) is 4.79 Å². The van der Waals surface area contributed by atoms with E-state index < -0.39 is 18.0 Å². The van der Waals surface area contributed by atoms with E-state index in [9.17, 15) is 9.59 Å². The second kappa shape index (κ2) is 15.1. The monoisotopic (exact) mass is 729 g/mol. The van der Waals surface area contributed by atoms with Crippen LogP contribution in [0.1, 0.15) is 54.0 Å². The Morgan fingerprint density at radius 1 is 0.977 bits per heavy atom. The third-order valence-corrected chi connectivity index (χ3v) is 8.51. The van der Waals surface area contributed by atoms with Crippen molar-refractivity contribution in [3.8, 4) is 22.9 Å². The highest BCUT2D eigenvalue weighted by Gasteiger charge is 2.23. The van der Waals surface area contributed by atoms with Crippen molar-refractivity contribution < 1.29 is 33.0 Å². The first-order valence-electron chi connectivity index (χ1n) is 13.9. The van der Waals surface area contributed by atoms with Gasteiger partial charge in [-0.15, -0.1) is 0 Å². The Balaban J connectivity index is 1.37. The number of esters is 1. The van der Waals surface area contributed by atoms with E-state index in [1.165, 1.54) is 6.21 Å². The first-order chi connectivity index (χ1) is 21.1. The number of aromatic nitrogens is 1. The highest BCUT2D eigenvalue weighted by atomic mass is 79.9. The molecule has 0 aliphatic heterocycles. The molecule has 4 aromatic rings. The van der Waals surface area contributed by atoms with Gasteiger partial charge in [0.15, 0.2) is 23.4 Å². The van der Waals surface area contributed by atoms with Crippen LogP contribution in [0.4, 0.5) is 0 Å². The van der Waals surface area contributed by atoms with E-state index in [1.54, 1.807) is 32.0 Å². The van der Waals surface area contributed by atoms with Crippen LogP contribution in [0.2, 0.25) is 0 Å². The van der Waals surface area contributed by atoms with Gasteiger partial charge in [0, 0.05) is 27.1 Å². The average Bonchev–Trinajstić information content (AvgIpc) is 3.62. The molecule has 0 spiro atoms. The number of hydrogen-bond acceptors (Lipinski definition) is 8. The Kier molecular flexibility index (Phi) is 11.3. The molecule has 0 saturated carbocycles. The number of carbonyl (C=O) groups is 2. The number of halogens is 2. The van der Waals surface area contributed by atoms with Crippen molar-refractivity contribution >= 4 is 50.0 Å².